The Hall–Kier alpha value is -2.09. The maximum Gasteiger partial charge on any atom is 0.407 e. The van der Waals surface area contributed by atoms with Crippen LogP contribution in [-0.2, 0) is 9.53 Å². The number of ether oxygens (including phenoxy) is 1. The van der Waals surface area contributed by atoms with Gasteiger partial charge < -0.3 is 20.3 Å². The number of nitrogens with one attached hydrogen (secondary N) is 2. The van der Waals surface area contributed by atoms with Gasteiger partial charge in [-0.1, -0.05) is 19.9 Å². The summed E-state index contributed by atoms with van der Waals surface area (Å²) in [5, 5.41) is 7.49. The number of rotatable bonds is 5. The number of carbonyl (C=O) groups excluding carboxylic acids is 3. The van der Waals surface area contributed by atoms with Gasteiger partial charge in [-0.05, 0) is 30.2 Å². The van der Waals surface area contributed by atoms with Gasteiger partial charge in [0.05, 0.1) is 12.0 Å². The zero-order valence-corrected chi connectivity index (χ0v) is 15.6. The van der Waals surface area contributed by atoms with E-state index in [-0.39, 0.29) is 23.8 Å². The molecule has 0 saturated carbocycles. The lowest BCUT2D eigenvalue weighted by atomic mass is 9.99. The first-order chi connectivity index (χ1) is 11.9. The van der Waals surface area contributed by atoms with E-state index in [1.807, 2.05) is 25.3 Å². The first-order valence-corrected chi connectivity index (χ1v) is 9.28. The summed E-state index contributed by atoms with van der Waals surface area (Å²) < 4.78 is 4.60. The Kier molecular flexibility index (Phi) is 6.81. The lowest BCUT2D eigenvalue weighted by Gasteiger charge is -2.35. The predicted octanol–water partition coefficient (Wildman–Crippen LogP) is 1.85. The number of carbonyl (C=O) groups is 3. The highest BCUT2D eigenvalue weighted by Crippen LogP contribution is 2.16. The van der Waals surface area contributed by atoms with E-state index in [9.17, 15) is 14.4 Å². The molecule has 2 heterocycles. The van der Waals surface area contributed by atoms with Crippen molar-refractivity contribution < 1.29 is 19.1 Å². The van der Waals surface area contributed by atoms with Crippen molar-refractivity contribution in [1.82, 2.24) is 15.5 Å². The van der Waals surface area contributed by atoms with Crippen molar-refractivity contribution >= 4 is 29.2 Å². The van der Waals surface area contributed by atoms with Crippen LogP contribution < -0.4 is 10.6 Å². The summed E-state index contributed by atoms with van der Waals surface area (Å²) in [4.78, 5) is 38.7. The molecule has 2 rings (SSSR count). The van der Waals surface area contributed by atoms with Crippen LogP contribution in [0.15, 0.2) is 17.5 Å². The molecule has 1 saturated heterocycles. The highest BCUT2D eigenvalue weighted by atomic mass is 32.1. The quantitative estimate of drug-likeness (QED) is 0.831. The van der Waals surface area contributed by atoms with Crippen molar-refractivity contribution in [3.05, 3.63) is 22.4 Å². The van der Waals surface area contributed by atoms with Gasteiger partial charge in [0.2, 0.25) is 5.91 Å². The third kappa shape index (κ3) is 5.19. The third-order valence-corrected chi connectivity index (χ3v) is 5.15. The Morgan fingerprint density at radius 3 is 2.48 bits per heavy atom. The van der Waals surface area contributed by atoms with Gasteiger partial charge in [-0.3, -0.25) is 9.59 Å². The number of methoxy groups -OCH3 is 1. The minimum atomic E-state index is -0.607. The molecule has 8 heteroatoms. The van der Waals surface area contributed by atoms with E-state index in [0.29, 0.717) is 30.8 Å². The largest absolute Gasteiger partial charge is 0.453 e. The van der Waals surface area contributed by atoms with Gasteiger partial charge >= 0.3 is 6.09 Å². The molecule has 25 heavy (non-hydrogen) atoms. The fraction of sp³-hybridized carbons (Fsp3) is 0.588. The van der Waals surface area contributed by atoms with Crippen molar-refractivity contribution in [1.29, 1.82) is 0 Å². The molecule has 1 fully saturated rings. The fourth-order valence-electron chi connectivity index (χ4n) is 2.80. The Bertz CT molecular complexity index is 595. The molecule has 3 amide bonds. The van der Waals surface area contributed by atoms with E-state index in [0.717, 1.165) is 0 Å². The molecule has 0 aliphatic carbocycles. The van der Waals surface area contributed by atoms with Crippen LogP contribution in [0, 0.1) is 5.92 Å². The van der Waals surface area contributed by atoms with Crippen molar-refractivity contribution in [2.45, 2.75) is 38.8 Å². The Morgan fingerprint density at radius 1 is 1.28 bits per heavy atom. The van der Waals surface area contributed by atoms with E-state index >= 15 is 0 Å². The van der Waals surface area contributed by atoms with Crippen LogP contribution in [0.3, 0.4) is 0 Å². The van der Waals surface area contributed by atoms with Gasteiger partial charge in [-0.15, -0.1) is 11.3 Å². The topological polar surface area (TPSA) is 87.7 Å². The standard InChI is InChI=1S/C17H25N3O4S/c1-11(2)14(19-17(23)24-3)16(22)20-8-6-12(7-9-20)18-15(21)13-5-4-10-25-13/h4-5,10-12,14H,6-9H2,1-3H3,(H,18,21)(H,19,23)/t14-/m0/s1. The van der Waals surface area contributed by atoms with E-state index in [2.05, 4.69) is 15.4 Å². The van der Waals surface area contributed by atoms with E-state index < -0.39 is 12.1 Å². The highest BCUT2D eigenvalue weighted by Gasteiger charge is 2.31. The normalized spacial score (nSPS) is 16.4. The SMILES string of the molecule is COC(=O)N[C@H](C(=O)N1CCC(NC(=O)c2cccs2)CC1)C(C)C. The van der Waals surface area contributed by atoms with E-state index in [4.69, 9.17) is 0 Å². The maximum absolute atomic E-state index is 12.7. The van der Waals surface area contributed by atoms with Crippen LogP contribution in [0.2, 0.25) is 0 Å². The van der Waals surface area contributed by atoms with Crippen LogP contribution in [-0.4, -0.2) is 55.1 Å². The average Bonchev–Trinajstić information content (AvgIpc) is 3.14. The number of piperidine rings is 1. The first kappa shape index (κ1) is 19.2. The summed E-state index contributed by atoms with van der Waals surface area (Å²) in [5.74, 6) is -0.210. The molecule has 2 N–H and O–H groups in total. The number of hydrogen-bond acceptors (Lipinski definition) is 5. The minimum absolute atomic E-state index is 0.0390. The number of amides is 3. The van der Waals surface area contributed by atoms with Crippen LogP contribution in [0.5, 0.6) is 0 Å². The summed E-state index contributed by atoms with van der Waals surface area (Å²) in [7, 11) is 1.28. The predicted molar refractivity (Wildman–Crippen MR) is 95.6 cm³/mol. The summed E-state index contributed by atoms with van der Waals surface area (Å²) in [6.45, 7) is 4.87. The number of likely N-dealkylation sites (tertiary alicyclic amines) is 1. The lowest BCUT2D eigenvalue weighted by molar-refractivity contribution is -0.135. The van der Waals surface area contributed by atoms with Gasteiger partial charge in [0.25, 0.3) is 5.91 Å². The summed E-state index contributed by atoms with van der Waals surface area (Å²) >= 11 is 1.41. The summed E-state index contributed by atoms with van der Waals surface area (Å²) in [5.41, 5.74) is 0. The van der Waals surface area contributed by atoms with E-state index in [1.54, 1.807) is 11.0 Å². The average molecular weight is 367 g/mol. The molecule has 0 spiro atoms. The lowest BCUT2D eigenvalue weighted by Crippen LogP contribution is -2.54. The molecule has 1 atom stereocenters. The van der Waals surface area contributed by atoms with Crippen molar-refractivity contribution in [3.8, 4) is 0 Å². The van der Waals surface area contributed by atoms with Crippen molar-refractivity contribution in [2.75, 3.05) is 20.2 Å². The van der Waals surface area contributed by atoms with Crippen LogP contribution in [0.4, 0.5) is 4.79 Å². The molecule has 138 valence electrons. The molecule has 7 nitrogen and oxygen atoms in total. The van der Waals surface area contributed by atoms with Gasteiger partial charge in [0.15, 0.2) is 0 Å². The van der Waals surface area contributed by atoms with Crippen LogP contribution >= 0.6 is 11.3 Å². The third-order valence-electron chi connectivity index (χ3n) is 4.28. The Morgan fingerprint density at radius 2 is 1.96 bits per heavy atom. The number of alkyl carbamates (subject to hydrolysis) is 1. The summed E-state index contributed by atoms with van der Waals surface area (Å²) in [6.07, 6.45) is 0.794. The molecule has 1 aliphatic rings. The molecule has 0 bridgehead atoms. The van der Waals surface area contributed by atoms with Crippen LogP contribution in [0.1, 0.15) is 36.4 Å². The molecule has 1 aliphatic heterocycles. The van der Waals surface area contributed by atoms with Gasteiger partial charge in [0, 0.05) is 19.1 Å². The first-order valence-electron chi connectivity index (χ1n) is 8.40. The monoisotopic (exact) mass is 367 g/mol. The molecule has 0 radical (unpaired) electrons. The molecule has 1 aromatic rings. The number of nitrogens with zero attached hydrogens (tertiary/aromatic N) is 1. The summed E-state index contributed by atoms with van der Waals surface area (Å²) in [6, 6.07) is 3.10. The molecular formula is C17H25N3O4S. The Balaban J connectivity index is 1.86. The molecular weight excluding hydrogens is 342 g/mol. The van der Waals surface area contributed by atoms with Gasteiger partial charge in [-0.2, -0.15) is 0 Å². The van der Waals surface area contributed by atoms with Gasteiger partial charge in [-0.25, -0.2) is 4.79 Å². The number of thiophene rings is 1. The smallest absolute Gasteiger partial charge is 0.407 e. The number of hydrogen-bond donors (Lipinski definition) is 2. The zero-order chi connectivity index (χ0) is 18.4. The van der Waals surface area contributed by atoms with Crippen LogP contribution in [0.25, 0.3) is 0 Å². The minimum Gasteiger partial charge on any atom is -0.453 e. The van der Waals surface area contributed by atoms with E-state index in [1.165, 1.54) is 18.4 Å². The molecule has 0 aromatic carbocycles. The van der Waals surface area contributed by atoms with Gasteiger partial charge in [0.1, 0.15) is 6.04 Å². The second-order valence-electron chi connectivity index (χ2n) is 6.41. The second-order valence-corrected chi connectivity index (χ2v) is 7.36. The molecule has 1 aromatic heterocycles. The second kappa shape index (κ2) is 8.84. The highest BCUT2D eigenvalue weighted by molar-refractivity contribution is 7.12. The van der Waals surface area contributed by atoms with Crippen molar-refractivity contribution in [3.63, 3.8) is 0 Å². The zero-order valence-electron chi connectivity index (χ0n) is 14.8. The Labute approximate surface area is 151 Å². The maximum atomic E-state index is 12.7. The molecule has 0 unspecified atom stereocenters. The fourth-order valence-corrected chi connectivity index (χ4v) is 3.43. The van der Waals surface area contributed by atoms with Crippen molar-refractivity contribution in [2.24, 2.45) is 5.92 Å².